The predicted molar refractivity (Wildman–Crippen MR) is 118 cm³/mol. The molecule has 0 radical (unpaired) electrons. The van der Waals surface area contributed by atoms with Crippen molar-refractivity contribution in [1.82, 2.24) is 24.8 Å². The summed E-state index contributed by atoms with van der Waals surface area (Å²) in [5, 5.41) is 1.06. The van der Waals surface area contributed by atoms with E-state index in [-0.39, 0.29) is 5.56 Å². The first-order valence-electron chi connectivity index (χ1n) is 9.94. The lowest BCUT2D eigenvalue weighted by Crippen LogP contribution is -2.35. The number of pyridine rings is 1. The molecular weight excluding hydrogens is 394 g/mol. The maximum Gasteiger partial charge on any atom is 0.255 e. The first-order chi connectivity index (χ1) is 14.7. The summed E-state index contributed by atoms with van der Waals surface area (Å²) in [7, 11) is 0. The van der Waals surface area contributed by atoms with Crippen LogP contribution in [0.5, 0.6) is 0 Å². The molecule has 0 unspecified atom stereocenters. The fraction of sp³-hybridized carbons (Fsp3) is 0.217. The van der Waals surface area contributed by atoms with Gasteiger partial charge in [-0.2, -0.15) is 0 Å². The lowest BCUT2D eigenvalue weighted by Gasteiger charge is -2.27. The number of rotatable bonds is 4. The molecule has 30 heavy (non-hydrogen) atoms. The molecular formula is C23H21N5OS. The molecule has 0 bridgehead atoms. The van der Waals surface area contributed by atoms with E-state index in [1.807, 2.05) is 37.3 Å². The van der Waals surface area contributed by atoms with Crippen molar-refractivity contribution in [3.05, 3.63) is 86.4 Å². The van der Waals surface area contributed by atoms with Crippen LogP contribution >= 0.6 is 11.3 Å². The second-order valence-electron chi connectivity index (χ2n) is 7.41. The minimum atomic E-state index is -0.0627. The second-order valence-corrected chi connectivity index (χ2v) is 8.70. The molecule has 4 heterocycles. The Kier molecular flexibility index (Phi) is 4.98. The SMILES string of the molecule is Cc1nc(-c2ccccc2)c(CN2CCc3nc(-c4cccnc4)[nH]c(=O)c3C2)s1. The number of nitrogens with one attached hydrogen (secondary N) is 1. The van der Waals surface area contributed by atoms with Crippen molar-refractivity contribution in [3.63, 3.8) is 0 Å². The molecule has 0 spiro atoms. The van der Waals surface area contributed by atoms with Crippen LogP contribution in [0, 0.1) is 6.92 Å². The molecule has 5 rings (SSSR count). The first kappa shape index (κ1) is 18.8. The van der Waals surface area contributed by atoms with Crippen molar-refractivity contribution in [2.24, 2.45) is 0 Å². The van der Waals surface area contributed by atoms with E-state index in [0.29, 0.717) is 12.4 Å². The number of hydrogen-bond donors (Lipinski definition) is 1. The lowest BCUT2D eigenvalue weighted by molar-refractivity contribution is 0.244. The fourth-order valence-corrected chi connectivity index (χ4v) is 4.86. The number of fused-ring (bicyclic) bond motifs is 1. The molecule has 1 N–H and O–H groups in total. The van der Waals surface area contributed by atoms with Gasteiger partial charge in [0, 0.05) is 54.5 Å². The molecule has 1 aliphatic rings. The molecule has 6 nitrogen and oxygen atoms in total. The quantitative estimate of drug-likeness (QED) is 0.548. The van der Waals surface area contributed by atoms with Crippen LogP contribution < -0.4 is 5.56 Å². The van der Waals surface area contributed by atoms with E-state index in [9.17, 15) is 4.79 Å². The predicted octanol–water partition coefficient (Wildman–Crippen LogP) is 3.82. The standard InChI is InChI=1S/C23H21N5OS/c1-15-25-21(16-6-3-2-4-7-16)20(30-15)14-28-11-9-19-18(13-28)23(29)27-22(26-19)17-8-5-10-24-12-17/h2-8,10,12H,9,11,13-14H2,1H3,(H,26,27,29). The number of hydrogen-bond acceptors (Lipinski definition) is 6. The average molecular weight is 416 g/mol. The number of aromatic nitrogens is 4. The van der Waals surface area contributed by atoms with Crippen LogP contribution in [0.4, 0.5) is 0 Å². The first-order valence-corrected chi connectivity index (χ1v) is 10.8. The normalized spacial score (nSPS) is 13.9. The Labute approximate surface area is 178 Å². The molecule has 0 fully saturated rings. The van der Waals surface area contributed by atoms with Gasteiger partial charge in [0.15, 0.2) is 0 Å². The Bertz CT molecular complexity index is 1230. The zero-order valence-corrected chi connectivity index (χ0v) is 17.4. The van der Waals surface area contributed by atoms with Gasteiger partial charge < -0.3 is 4.98 Å². The van der Waals surface area contributed by atoms with Crippen LogP contribution in [0.3, 0.4) is 0 Å². The van der Waals surface area contributed by atoms with Crippen LogP contribution in [0.15, 0.2) is 59.7 Å². The third-order valence-electron chi connectivity index (χ3n) is 5.30. The average Bonchev–Trinajstić information content (AvgIpc) is 3.15. The Morgan fingerprint density at radius 3 is 2.73 bits per heavy atom. The van der Waals surface area contributed by atoms with Gasteiger partial charge in [-0.15, -0.1) is 11.3 Å². The van der Waals surface area contributed by atoms with Gasteiger partial charge in [0.1, 0.15) is 5.82 Å². The van der Waals surface area contributed by atoms with Gasteiger partial charge in [-0.3, -0.25) is 14.7 Å². The molecule has 0 aliphatic carbocycles. The number of benzene rings is 1. The largest absolute Gasteiger partial charge is 0.306 e. The third kappa shape index (κ3) is 3.69. The monoisotopic (exact) mass is 415 g/mol. The Morgan fingerprint density at radius 1 is 1.10 bits per heavy atom. The maximum absolute atomic E-state index is 12.8. The van der Waals surface area contributed by atoms with Crippen molar-refractivity contribution in [2.45, 2.75) is 26.4 Å². The number of H-pyrrole nitrogens is 1. The van der Waals surface area contributed by atoms with Crippen molar-refractivity contribution < 1.29 is 0 Å². The van der Waals surface area contributed by atoms with Crippen LogP contribution in [0.2, 0.25) is 0 Å². The molecule has 150 valence electrons. The summed E-state index contributed by atoms with van der Waals surface area (Å²) in [6.45, 7) is 4.27. The molecule has 4 aromatic rings. The van der Waals surface area contributed by atoms with Crippen molar-refractivity contribution in [3.8, 4) is 22.6 Å². The fourth-order valence-electron chi connectivity index (χ4n) is 3.86. The van der Waals surface area contributed by atoms with E-state index in [2.05, 4.69) is 27.0 Å². The molecule has 0 saturated heterocycles. The molecule has 7 heteroatoms. The van der Waals surface area contributed by atoms with Crippen LogP contribution in [-0.4, -0.2) is 31.4 Å². The number of aromatic amines is 1. The van der Waals surface area contributed by atoms with Crippen LogP contribution in [0.1, 0.15) is 21.1 Å². The van der Waals surface area contributed by atoms with Gasteiger partial charge in [-0.1, -0.05) is 30.3 Å². The van der Waals surface area contributed by atoms with E-state index < -0.39 is 0 Å². The second kappa shape index (κ2) is 7.93. The molecule has 1 aromatic carbocycles. The van der Waals surface area contributed by atoms with Gasteiger partial charge in [0.2, 0.25) is 0 Å². The summed E-state index contributed by atoms with van der Waals surface area (Å²) in [6.07, 6.45) is 4.19. The lowest BCUT2D eigenvalue weighted by atomic mass is 10.1. The highest BCUT2D eigenvalue weighted by Crippen LogP contribution is 2.30. The van der Waals surface area contributed by atoms with E-state index in [0.717, 1.165) is 52.6 Å². The molecule has 0 amide bonds. The van der Waals surface area contributed by atoms with Crippen molar-refractivity contribution in [2.75, 3.05) is 6.54 Å². The number of nitrogens with zero attached hydrogens (tertiary/aromatic N) is 4. The Morgan fingerprint density at radius 2 is 1.93 bits per heavy atom. The maximum atomic E-state index is 12.8. The van der Waals surface area contributed by atoms with E-state index in [1.165, 1.54) is 4.88 Å². The molecule has 3 aromatic heterocycles. The highest BCUT2D eigenvalue weighted by Gasteiger charge is 2.23. The zero-order valence-electron chi connectivity index (χ0n) is 16.6. The van der Waals surface area contributed by atoms with Gasteiger partial charge in [0.05, 0.1) is 22.0 Å². The zero-order chi connectivity index (χ0) is 20.5. The minimum absolute atomic E-state index is 0.0627. The summed E-state index contributed by atoms with van der Waals surface area (Å²) in [4.78, 5) is 32.9. The molecule has 0 saturated carbocycles. The minimum Gasteiger partial charge on any atom is -0.306 e. The van der Waals surface area contributed by atoms with E-state index >= 15 is 0 Å². The number of thiazole rings is 1. The van der Waals surface area contributed by atoms with Gasteiger partial charge >= 0.3 is 0 Å². The third-order valence-corrected chi connectivity index (χ3v) is 6.26. The van der Waals surface area contributed by atoms with Crippen molar-refractivity contribution in [1.29, 1.82) is 0 Å². The Hall–Kier alpha value is -3.16. The summed E-state index contributed by atoms with van der Waals surface area (Å²) in [6, 6.07) is 14.0. The highest BCUT2D eigenvalue weighted by atomic mass is 32.1. The highest BCUT2D eigenvalue weighted by molar-refractivity contribution is 7.12. The van der Waals surface area contributed by atoms with Gasteiger partial charge in [-0.05, 0) is 19.1 Å². The van der Waals surface area contributed by atoms with Crippen LogP contribution in [-0.2, 0) is 19.5 Å². The summed E-state index contributed by atoms with van der Waals surface area (Å²) in [5.74, 6) is 0.588. The number of aryl methyl sites for hydroxylation is 1. The Balaban J connectivity index is 1.41. The summed E-state index contributed by atoms with van der Waals surface area (Å²) < 4.78 is 0. The molecule has 1 aliphatic heterocycles. The van der Waals surface area contributed by atoms with E-state index in [4.69, 9.17) is 9.97 Å². The summed E-state index contributed by atoms with van der Waals surface area (Å²) >= 11 is 1.73. The molecule has 0 atom stereocenters. The van der Waals surface area contributed by atoms with Gasteiger partial charge in [-0.25, -0.2) is 9.97 Å². The van der Waals surface area contributed by atoms with Crippen molar-refractivity contribution >= 4 is 11.3 Å². The smallest absolute Gasteiger partial charge is 0.255 e. The van der Waals surface area contributed by atoms with Crippen LogP contribution in [0.25, 0.3) is 22.6 Å². The topological polar surface area (TPSA) is 74.8 Å². The van der Waals surface area contributed by atoms with E-state index in [1.54, 1.807) is 23.7 Å². The van der Waals surface area contributed by atoms with Gasteiger partial charge in [0.25, 0.3) is 5.56 Å². The summed E-state index contributed by atoms with van der Waals surface area (Å²) in [5.41, 5.74) is 4.59.